The Morgan fingerprint density at radius 2 is 1.85 bits per heavy atom. The first kappa shape index (κ1) is 18.5. The van der Waals surface area contributed by atoms with E-state index in [0.717, 1.165) is 39.8 Å². The van der Waals surface area contributed by atoms with Crippen LogP contribution in [0.1, 0.15) is 39.7 Å². The first-order valence-corrected chi connectivity index (χ1v) is 8.85. The molecule has 0 atom stereocenters. The summed E-state index contributed by atoms with van der Waals surface area (Å²) >= 11 is 0. The number of fused-ring (bicyclic) bond motifs is 1. The molecule has 1 heterocycles. The smallest absolute Gasteiger partial charge is 0.269 e. The normalized spacial score (nSPS) is 11.1. The van der Waals surface area contributed by atoms with E-state index in [1.807, 2.05) is 57.2 Å². The van der Waals surface area contributed by atoms with E-state index in [2.05, 4.69) is 10.9 Å². The lowest BCUT2D eigenvalue weighted by molar-refractivity contribution is -0.117. The summed E-state index contributed by atoms with van der Waals surface area (Å²) in [5, 5.41) is 0.956. The van der Waals surface area contributed by atoms with Gasteiger partial charge in [-0.15, -0.1) is 0 Å². The summed E-state index contributed by atoms with van der Waals surface area (Å²) in [5.74, 6) is 0.0530. The van der Waals surface area contributed by atoms with Gasteiger partial charge in [-0.2, -0.15) is 0 Å². The van der Waals surface area contributed by atoms with Crippen molar-refractivity contribution in [1.29, 1.82) is 0 Å². The van der Waals surface area contributed by atoms with Gasteiger partial charge in [0.2, 0.25) is 0 Å². The van der Waals surface area contributed by atoms with Gasteiger partial charge in [-0.05, 0) is 37.6 Å². The van der Waals surface area contributed by atoms with Crippen molar-refractivity contribution in [1.82, 2.24) is 10.9 Å². The third-order valence-corrected chi connectivity index (χ3v) is 4.36. The lowest BCUT2D eigenvalue weighted by Gasteiger charge is -2.08. The Morgan fingerprint density at radius 3 is 2.59 bits per heavy atom. The molecular formula is C22H22N2O3. The summed E-state index contributed by atoms with van der Waals surface area (Å²) in [7, 11) is 0. The molecule has 3 aromatic rings. The number of benzene rings is 2. The quantitative estimate of drug-likeness (QED) is 0.542. The second-order valence-corrected chi connectivity index (χ2v) is 6.38. The molecule has 2 aromatic carbocycles. The molecule has 5 nitrogen and oxygen atoms in total. The van der Waals surface area contributed by atoms with Crippen LogP contribution >= 0.6 is 0 Å². The van der Waals surface area contributed by atoms with Crippen molar-refractivity contribution < 1.29 is 14.0 Å². The van der Waals surface area contributed by atoms with Crippen LogP contribution in [-0.4, -0.2) is 11.8 Å². The number of carbonyl (C=O) groups excluding carboxylic acids is 2. The van der Waals surface area contributed by atoms with Gasteiger partial charge in [-0.1, -0.05) is 42.8 Å². The summed E-state index contributed by atoms with van der Waals surface area (Å²) in [6.45, 7) is 5.82. The average Bonchev–Trinajstić information content (AvgIpc) is 3.02. The number of rotatable bonds is 4. The highest BCUT2D eigenvalue weighted by atomic mass is 16.3. The number of carbonyl (C=O) groups is 2. The molecular weight excluding hydrogens is 340 g/mol. The first-order valence-electron chi connectivity index (χ1n) is 8.85. The molecule has 0 aliphatic heterocycles. The third kappa shape index (κ3) is 4.08. The Hall–Kier alpha value is -3.34. The zero-order valence-corrected chi connectivity index (χ0v) is 15.6. The van der Waals surface area contributed by atoms with E-state index in [1.165, 1.54) is 6.08 Å². The van der Waals surface area contributed by atoms with Crippen molar-refractivity contribution >= 4 is 28.9 Å². The fourth-order valence-corrected chi connectivity index (χ4v) is 3.02. The van der Waals surface area contributed by atoms with E-state index in [1.54, 1.807) is 12.1 Å². The molecule has 1 aromatic heterocycles. The van der Waals surface area contributed by atoms with Crippen LogP contribution in [0.5, 0.6) is 0 Å². The van der Waals surface area contributed by atoms with Crippen molar-refractivity contribution in [2.75, 3.05) is 0 Å². The summed E-state index contributed by atoms with van der Waals surface area (Å²) < 4.78 is 5.81. The molecule has 0 radical (unpaired) electrons. The van der Waals surface area contributed by atoms with Gasteiger partial charge in [0, 0.05) is 29.0 Å². The number of aryl methyl sites for hydroxylation is 3. The number of para-hydroxylation sites is 1. The highest BCUT2D eigenvalue weighted by Crippen LogP contribution is 2.27. The minimum absolute atomic E-state index is 0.350. The van der Waals surface area contributed by atoms with Gasteiger partial charge in [0.05, 0.1) is 0 Å². The minimum Gasteiger partial charge on any atom is -0.460 e. The zero-order valence-electron chi connectivity index (χ0n) is 15.6. The third-order valence-electron chi connectivity index (χ3n) is 4.36. The van der Waals surface area contributed by atoms with E-state index in [0.29, 0.717) is 5.56 Å². The van der Waals surface area contributed by atoms with E-state index >= 15 is 0 Å². The van der Waals surface area contributed by atoms with Crippen LogP contribution < -0.4 is 10.9 Å². The molecule has 27 heavy (non-hydrogen) atoms. The molecule has 0 aliphatic rings. The number of hydrazine groups is 1. The summed E-state index contributed by atoms with van der Waals surface area (Å²) in [6.07, 6.45) is 3.82. The number of furan rings is 1. The number of hydrogen-bond donors (Lipinski definition) is 2. The van der Waals surface area contributed by atoms with Crippen molar-refractivity contribution in [2.45, 2.75) is 27.2 Å². The Balaban J connectivity index is 1.68. The van der Waals surface area contributed by atoms with Crippen molar-refractivity contribution in [3.63, 3.8) is 0 Å². The second-order valence-electron chi connectivity index (χ2n) is 6.38. The van der Waals surface area contributed by atoms with Crippen LogP contribution in [0, 0.1) is 13.8 Å². The number of hydrogen-bond acceptors (Lipinski definition) is 3. The standard InChI is InChI=1S/C22H22N2O3/c1-4-19-18(17-7-5-6-8-20(17)27-19)11-12-21(25)23-24-22(26)16-10-9-14(2)13-15(16)3/h5-13H,4H2,1-3H3,(H,23,25)(H,24,26)/b12-11+. The van der Waals surface area contributed by atoms with Gasteiger partial charge in [-0.3, -0.25) is 20.4 Å². The van der Waals surface area contributed by atoms with Gasteiger partial charge in [-0.25, -0.2) is 0 Å². The topological polar surface area (TPSA) is 71.3 Å². The Labute approximate surface area is 158 Å². The van der Waals surface area contributed by atoms with Crippen molar-refractivity contribution in [2.24, 2.45) is 0 Å². The molecule has 2 amide bonds. The summed E-state index contributed by atoms with van der Waals surface area (Å²) in [4.78, 5) is 24.3. The van der Waals surface area contributed by atoms with Gasteiger partial charge >= 0.3 is 0 Å². The maximum atomic E-state index is 12.2. The van der Waals surface area contributed by atoms with E-state index in [9.17, 15) is 9.59 Å². The fourth-order valence-electron chi connectivity index (χ4n) is 3.02. The molecule has 3 rings (SSSR count). The van der Waals surface area contributed by atoms with E-state index in [4.69, 9.17) is 4.42 Å². The molecule has 2 N–H and O–H groups in total. The van der Waals surface area contributed by atoms with Crippen molar-refractivity contribution in [3.05, 3.63) is 76.6 Å². The molecule has 0 spiro atoms. The van der Waals surface area contributed by atoms with E-state index in [-0.39, 0.29) is 5.91 Å². The van der Waals surface area contributed by atoms with Crippen LogP contribution in [0.3, 0.4) is 0 Å². The van der Waals surface area contributed by atoms with Crippen LogP contribution in [0.15, 0.2) is 53.0 Å². The highest BCUT2D eigenvalue weighted by Gasteiger charge is 2.11. The van der Waals surface area contributed by atoms with Gasteiger partial charge in [0.25, 0.3) is 11.8 Å². The Bertz CT molecular complexity index is 1030. The summed E-state index contributed by atoms with van der Waals surface area (Å²) in [6, 6.07) is 13.2. The largest absolute Gasteiger partial charge is 0.460 e. The summed E-state index contributed by atoms with van der Waals surface area (Å²) in [5.41, 5.74) is 8.99. The molecule has 0 saturated heterocycles. The number of amides is 2. The van der Waals surface area contributed by atoms with E-state index < -0.39 is 5.91 Å². The first-order chi connectivity index (χ1) is 13.0. The predicted octanol–water partition coefficient (Wildman–Crippen LogP) is 4.09. The molecule has 0 unspecified atom stereocenters. The second kappa shape index (κ2) is 7.91. The van der Waals surface area contributed by atoms with Crippen LogP contribution in [-0.2, 0) is 11.2 Å². The molecule has 138 valence electrons. The minimum atomic E-state index is -0.416. The number of nitrogens with one attached hydrogen (secondary N) is 2. The zero-order chi connectivity index (χ0) is 19.4. The SMILES string of the molecule is CCc1oc2ccccc2c1/C=C/C(=O)NNC(=O)c1ccc(C)cc1C. The van der Waals surface area contributed by atoms with Gasteiger partial charge < -0.3 is 4.42 Å². The molecule has 0 fully saturated rings. The van der Waals surface area contributed by atoms with Crippen LogP contribution in [0.25, 0.3) is 17.0 Å². The highest BCUT2D eigenvalue weighted by molar-refractivity contribution is 6.00. The van der Waals surface area contributed by atoms with Gasteiger partial charge in [0.1, 0.15) is 11.3 Å². The molecule has 0 aliphatic carbocycles. The predicted molar refractivity (Wildman–Crippen MR) is 106 cm³/mol. The van der Waals surface area contributed by atoms with Crippen LogP contribution in [0.4, 0.5) is 0 Å². The Kier molecular flexibility index (Phi) is 5.41. The maximum Gasteiger partial charge on any atom is 0.269 e. The molecule has 0 bridgehead atoms. The van der Waals surface area contributed by atoms with Crippen LogP contribution in [0.2, 0.25) is 0 Å². The molecule has 5 heteroatoms. The maximum absolute atomic E-state index is 12.2. The Morgan fingerprint density at radius 1 is 1.07 bits per heavy atom. The fraction of sp³-hybridized carbons (Fsp3) is 0.182. The average molecular weight is 362 g/mol. The monoisotopic (exact) mass is 362 g/mol. The van der Waals surface area contributed by atoms with Gasteiger partial charge in [0.15, 0.2) is 0 Å². The lowest BCUT2D eigenvalue weighted by Crippen LogP contribution is -2.41. The lowest BCUT2D eigenvalue weighted by atomic mass is 10.1. The van der Waals surface area contributed by atoms with Crippen molar-refractivity contribution in [3.8, 4) is 0 Å². The molecule has 0 saturated carbocycles.